The summed E-state index contributed by atoms with van der Waals surface area (Å²) < 4.78 is 31.1. The van der Waals surface area contributed by atoms with E-state index in [9.17, 15) is 28.8 Å². The van der Waals surface area contributed by atoms with Gasteiger partial charge in [0, 0.05) is 265 Å². The number of fused-ring (bicyclic) bond motifs is 12. The van der Waals surface area contributed by atoms with Gasteiger partial charge in [0.05, 0.1) is 0 Å². The fraction of sp³-hybridized carbons (Fsp3) is 0.308. The fourth-order valence-electron chi connectivity index (χ4n) is 17.8. The molecule has 6 aromatic carbocycles. The van der Waals surface area contributed by atoms with Crippen LogP contribution in [0.1, 0.15) is 188 Å². The Kier molecular flexibility index (Phi) is 45.1. The van der Waals surface area contributed by atoms with Crippen LogP contribution in [0, 0.1) is 127 Å². The summed E-state index contributed by atoms with van der Waals surface area (Å²) >= 11 is 0. The van der Waals surface area contributed by atoms with E-state index < -0.39 is 37.4 Å². The number of anilines is 12. The molecule has 6 aliphatic rings. The number of nitrogens with zero attached hydrogens (tertiary/aromatic N) is 12. The molecule has 0 bridgehead atoms. The van der Waals surface area contributed by atoms with Gasteiger partial charge >= 0.3 is 0 Å². The molecule has 6 radical (unpaired) electrons. The molecule has 6 aliphatic heterocycles. The number of hydrogen-bond acceptors (Lipinski definition) is 24. The minimum Gasteiger partial charge on any atom is -0.445 e. The van der Waals surface area contributed by atoms with Crippen molar-refractivity contribution in [2.75, 3.05) is 29.4 Å². The molecule has 6 unspecified atom stereocenters. The molecule has 0 spiro atoms. The van der Waals surface area contributed by atoms with E-state index in [0.717, 1.165) is 152 Å². The van der Waals surface area contributed by atoms with Crippen LogP contribution < -0.4 is 29.4 Å². The Hall–Kier alpha value is -7.54. The number of aryl methyl sites for hydroxylation is 11. The molecule has 6 atom stereocenters. The molecule has 30 heteroatoms. The van der Waals surface area contributed by atoms with Crippen LogP contribution in [0.15, 0.2) is 140 Å². The van der Waals surface area contributed by atoms with Crippen molar-refractivity contribution in [1.29, 1.82) is 0 Å². The van der Waals surface area contributed by atoms with Crippen LogP contribution in [0.25, 0.3) is 0 Å². The molecule has 0 aliphatic carbocycles. The summed E-state index contributed by atoms with van der Waals surface area (Å²) in [7, 11) is 0. The molecule has 0 saturated heterocycles. The number of rotatable bonds is 18. The first-order valence-corrected chi connectivity index (χ1v) is 42.2. The van der Waals surface area contributed by atoms with E-state index in [1.165, 1.54) is 94.6 Å². The average molecular weight is 2250 g/mol. The van der Waals surface area contributed by atoms with E-state index in [1.54, 1.807) is 0 Å². The molecule has 0 saturated carbocycles. The number of aromatic nitrogens is 6. The molecule has 12 heterocycles. The molecule has 0 amide bonds. The second-order valence-corrected chi connectivity index (χ2v) is 32.5. The van der Waals surface area contributed by atoms with Gasteiger partial charge in [-0.25, -0.2) is 0 Å². The number of ether oxygens (including phenoxy) is 6. The van der Waals surface area contributed by atoms with Crippen molar-refractivity contribution < 1.29 is 253 Å². The second-order valence-electron chi connectivity index (χ2n) is 32.5. The van der Waals surface area contributed by atoms with E-state index in [0.29, 0.717) is 38.8 Å². The molecule has 12 aromatic rings. The van der Waals surface area contributed by atoms with Crippen molar-refractivity contribution in [1.82, 2.24) is 29.9 Å². The summed E-state index contributed by atoms with van der Waals surface area (Å²) in [6.07, 6.45) is 19.8. The van der Waals surface area contributed by atoms with Gasteiger partial charge in [0.2, 0.25) is 0 Å². The normalized spacial score (nSPS) is 13.4. The van der Waals surface area contributed by atoms with Crippen LogP contribution in [-0.4, -0.2) is 106 Å². The van der Waals surface area contributed by atoms with Gasteiger partial charge in [-0.05, 0) is 288 Å². The smallest absolute Gasteiger partial charge is 0.294 e. The third-order valence-corrected chi connectivity index (χ3v) is 24.2. The summed E-state index contributed by atoms with van der Waals surface area (Å²) in [5, 5.41) is 0. The summed E-state index contributed by atoms with van der Waals surface area (Å²) in [5.74, 6) is 4.87. The van der Waals surface area contributed by atoms with Crippen LogP contribution in [0.5, 0.6) is 0 Å². The Morgan fingerprint density at radius 1 is 0.254 bits per heavy atom. The second kappa shape index (κ2) is 52.5. The van der Waals surface area contributed by atoms with Gasteiger partial charge in [-0.1, -0.05) is 98.7 Å². The van der Waals surface area contributed by atoms with E-state index in [2.05, 4.69) is 224 Å². The minimum atomic E-state index is -0.418. The predicted molar refractivity (Wildman–Crippen MR) is 495 cm³/mol. The zero-order chi connectivity index (χ0) is 90.8. The van der Waals surface area contributed by atoms with Gasteiger partial charge in [-0.3, -0.25) is 28.8 Å². The minimum absolute atomic E-state index is 0. The van der Waals surface area contributed by atoms with Crippen LogP contribution in [0.2, 0.25) is 0 Å². The van der Waals surface area contributed by atoms with Gasteiger partial charge in [0.1, 0.15) is 0 Å². The van der Waals surface area contributed by atoms with Crippen molar-refractivity contribution in [3.05, 3.63) is 316 Å². The predicted octanol–water partition coefficient (Wildman–Crippen LogP) is 19.3. The van der Waals surface area contributed by atoms with E-state index >= 15 is 0 Å². The number of hydrogen-bond donors (Lipinski definition) is 0. The van der Waals surface area contributed by atoms with Crippen molar-refractivity contribution in [3.8, 4) is 0 Å². The van der Waals surface area contributed by atoms with Gasteiger partial charge in [-0.15, -0.1) is 33.4 Å². The van der Waals surface area contributed by atoms with Crippen LogP contribution in [0.3, 0.4) is 0 Å². The first-order chi connectivity index (χ1) is 61.1. The van der Waals surface area contributed by atoms with Crippen LogP contribution in [0.4, 0.5) is 69.0 Å². The van der Waals surface area contributed by atoms with Gasteiger partial charge in [0.25, 0.3) is 38.8 Å². The van der Waals surface area contributed by atoms with Crippen LogP contribution >= 0.6 is 0 Å². The molecule has 0 N–H and O–H groups in total. The van der Waals surface area contributed by atoms with Crippen molar-refractivity contribution in [3.63, 3.8) is 0 Å². The van der Waals surface area contributed by atoms with Crippen molar-refractivity contribution in [2.45, 2.75) is 215 Å². The standard InChI is InChI=1S/C18H19N2O2.5C17H17N2O2.CH4.6Y/c1-11-8-12(2)16-9-15-6-5-7-19-18(15)20(14(4)22-10-21)17(16)13(11)3;1-11-6-7-16-15(12(11)2)9-14-5-4-8-18-17(14)19(16)13(3)21-10-20;1-11-6-7-12(2)16-15(11)9-14-5-4-8-18-17(14)19(16)13(3)21-10-20;1-11-7-15-9-14-5-4-6-18-17(14)19(13(3)21-10-20)16(15)8-12(11)2;1-11-7-12(2)15-9-14-5-4-6-18-17(14)19(16(15)8-11)13(3)21-10-20;1-11-7-12(2)16-15(8-11)9-14-5-4-6-18-17(14)19(16)13(3)21-10-20;;;;;;;/h5-6,8,10,14H,9H2,1-4H3;2*4-7,10,13H,9H2,1-3H3;3*4-5,7-8,10,13H,9H2,1-3H3;1H4;;;;;;/q6*-1;;;;;;;. The molecule has 134 heavy (non-hydrogen) atoms. The summed E-state index contributed by atoms with van der Waals surface area (Å²) in [4.78, 5) is 103. The molecule has 6 aromatic heterocycles. The van der Waals surface area contributed by atoms with Crippen molar-refractivity contribution in [2.24, 2.45) is 0 Å². The van der Waals surface area contributed by atoms with Gasteiger partial charge in [0.15, 0.2) is 37.4 Å². The zero-order valence-corrected chi connectivity index (χ0v) is 95.7. The van der Waals surface area contributed by atoms with E-state index in [-0.39, 0.29) is 204 Å². The van der Waals surface area contributed by atoms with Crippen LogP contribution in [-0.2, 0) is 292 Å². The Morgan fingerprint density at radius 2 is 0.567 bits per heavy atom. The van der Waals surface area contributed by atoms with E-state index in [4.69, 9.17) is 28.4 Å². The zero-order valence-electron chi connectivity index (χ0n) is 78.7. The van der Waals surface area contributed by atoms with Gasteiger partial charge < -0.3 is 87.7 Å². The Labute approximate surface area is 939 Å². The molecule has 24 nitrogen and oxygen atoms in total. The monoisotopic (exact) mass is 2250 g/mol. The molecule has 680 valence electrons. The maximum atomic E-state index is 10.8. The number of carbonyl (C=O) groups excluding carboxylic acids is 6. The quantitative estimate of drug-likeness (QED) is 0.0439. The Balaban J connectivity index is 0.000000245. The molecular formula is C104H108N12O12Y6-6. The molecule has 18 rings (SSSR count). The summed E-state index contributed by atoms with van der Waals surface area (Å²) in [6, 6.07) is 46.6. The number of benzene rings is 6. The number of pyridine rings is 6. The Bertz CT molecular complexity index is 6110. The SMILES string of the molecule is C.Cc1cc(C)c2c(c1)Cc1cc[c-]nc1N2C(C)OC=O.Cc1cc(C)c2c(c1)N(C(C)OC=O)c1n[c-]ccc1C2.Cc1cc(C)c2c(c1C)N(C(C)OC=O)c1n[c-]ccc1C2.Cc1cc2c(cc1C)N(C(C)OC=O)c1n[c-]ccc1C2.Cc1ccc(C)c2c1Cc1cc[c-]nc1N2C(C)OC=O.Cc1ccc2c(c1C)Cc1cc[c-]nc1N2C(C)OC=O.[Y].[Y].[Y].[Y].[Y].[Y]. The van der Waals surface area contributed by atoms with E-state index in [1.807, 2.05) is 144 Å². The Morgan fingerprint density at radius 3 is 1.00 bits per heavy atom. The summed E-state index contributed by atoms with van der Waals surface area (Å²) in [6.45, 7) is 41.3. The topological polar surface area (TPSA) is 255 Å². The first-order valence-electron chi connectivity index (χ1n) is 42.2. The molecule has 0 fully saturated rings. The third-order valence-electron chi connectivity index (χ3n) is 24.2. The number of carbonyl (C=O) groups is 6. The fourth-order valence-corrected chi connectivity index (χ4v) is 17.8. The average Bonchev–Trinajstić information content (AvgIpc) is 0.809. The molecular weight excluding hydrogens is 2140 g/mol. The summed E-state index contributed by atoms with van der Waals surface area (Å²) in [5.41, 5.74) is 36.5. The largest absolute Gasteiger partial charge is 0.445 e. The maximum Gasteiger partial charge on any atom is 0.294 e. The maximum absolute atomic E-state index is 10.8. The first kappa shape index (κ1) is 115. The van der Waals surface area contributed by atoms with Crippen molar-refractivity contribution >= 4 is 108 Å². The van der Waals surface area contributed by atoms with Gasteiger partial charge in [-0.2, -0.15) is 72.8 Å². The third kappa shape index (κ3) is 25.2.